The molecule has 1 saturated heterocycles. The second-order valence-electron chi connectivity index (χ2n) is 6.57. The lowest BCUT2D eigenvalue weighted by molar-refractivity contribution is -0.127. The van der Waals surface area contributed by atoms with Crippen molar-refractivity contribution < 1.29 is 14.0 Å². The molecule has 0 bridgehead atoms. The molecule has 3 amide bonds. The summed E-state index contributed by atoms with van der Waals surface area (Å²) in [6.45, 7) is 8.81. The normalized spacial score (nSPS) is 19.5. The Morgan fingerprint density at radius 1 is 1.26 bits per heavy atom. The van der Waals surface area contributed by atoms with Gasteiger partial charge in [0.2, 0.25) is 5.91 Å². The number of urea groups is 1. The van der Waals surface area contributed by atoms with Crippen LogP contribution < -0.4 is 10.6 Å². The summed E-state index contributed by atoms with van der Waals surface area (Å²) in [4.78, 5) is 26.3. The zero-order chi connectivity index (χ0) is 17.0. The molecule has 1 aliphatic heterocycles. The number of hydrogen-bond acceptors (Lipinski definition) is 3. The molecule has 6 heteroatoms. The number of amides is 3. The Morgan fingerprint density at radius 2 is 2.00 bits per heavy atom. The van der Waals surface area contributed by atoms with Gasteiger partial charge in [0.05, 0.1) is 12.0 Å². The number of nitrogens with one attached hydrogen (secondary N) is 2. The predicted molar refractivity (Wildman–Crippen MR) is 88.0 cm³/mol. The van der Waals surface area contributed by atoms with Gasteiger partial charge in [0.1, 0.15) is 11.5 Å². The van der Waals surface area contributed by atoms with E-state index in [1.165, 1.54) is 0 Å². The third kappa shape index (κ3) is 4.74. The van der Waals surface area contributed by atoms with Crippen molar-refractivity contribution in [3.63, 3.8) is 0 Å². The number of rotatable bonds is 4. The molecule has 2 atom stereocenters. The Bertz CT molecular complexity index is 553. The minimum Gasteiger partial charge on any atom is -0.464 e. The zero-order valence-electron chi connectivity index (χ0n) is 14.4. The van der Waals surface area contributed by atoms with Crippen LogP contribution in [0.3, 0.4) is 0 Å². The Hall–Kier alpha value is -1.98. The number of hydrogen-bond donors (Lipinski definition) is 2. The molecule has 2 N–H and O–H groups in total. The molecule has 1 fully saturated rings. The van der Waals surface area contributed by atoms with E-state index in [4.69, 9.17) is 4.42 Å². The van der Waals surface area contributed by atoms with Gasteiger partial charge in [0.25, 0.3) is 0 Å². The summed E-state index contributed by atoms with van der Waals surface area (Å²) < 4.78 is 5.55. The van der Waals surface area contributed by atoms with Crippen LogP contribution in [0.1, 0.15) is 51.2 Å². The summed E-state index contributed by atoms with van der Waals surface area (Å²) in [5.41, 5.74) is 0. The molecule has 0 unspecified atom stereocenters. The van der Waals surface area contributed by atoms with Crippen molar-refractivity contribution in [2.24, 2.45) is 5.92 Å². The number of nitrogens with zero attached hydrogens (tertiary/aromatic N) is 1. The Kier molecular flexibility index (Phi) is 5.69. The molecule has 128 valence electrons. The summed E-state index contributed by atoms with van der Waals surface area (Å²) >= 11 is 0. The molecule has 0 spiro atoms. The fourth-order valence-electron chi connectivity index (χ4n) is 2.80. The zero-order valence-corrected chi connectivity index (χ0v) is 14.4. The summed E-state index contributed by atoms with van der Waals surface area (Å²) in [6.07, 6.45) is 1.65. The lowest BCUT2D eigenvalue weighted by Gasteiger charge is -2.33. The monoisotopic (exact) mass is 321 g/mol. The fraction of sp³-hybridized carbons (Fsp3) is 0.647. The van der Waals surface area contributed by atoms with Gasteiger partial charge in [-0.3, -0.25) is 4.79 Å². The highest BCUT2D eigenvalue weighted by molar-refractivity contribution is 5.81. The molecular weight excluding hydrogens is 294 g/mol. The highest BCUT2D eigenvalue weighted by Gasteiger charge is 2.29. The molecule has 23 heavy (non-hydrogen) atoms. The minimum atomic E-state index is -0.170. The molecule has 1 aliphatic rings. The van der Waals surface area contributed by atoms with Crippen LogP contribution in [-0.4, -0.2) is 36.0 Å². The molecule has 0 radical (unpaired) electrons. The molecule has 2 heterocycles. The van der Waals surface area contributed by atoms with E-state index in [-0.39, 0.29) is 29.9 Å². The van der Waals surface area contributed by atoms with Crippen molar-refractivity contribution in [3.05, 3.63) is 23.7 Å². The maximum Gasteiger partial charge on any atom is 0.317 e. The highest BCUT2D eigenvalue weighted by Crippen LogP contribution is 2.20. The van der Waals surface area contributed by atoms with Crippen LogP contribution in [-0.2, 0) is 4.79 Å². The smallest absolute Gasteiger partial charge is 0.317 e. The highest BCUT2D eigenvalue weighted by atomic mass is 16.3. The van der Waals surface area contributed by atoms with E-state index in [1.807, 2.05) is 39.8 Å². The first kappa shape index (κ1) is 17.4. The van der Waals surface area contributed by atoms with Crippen LogP contribution in [0.2, 0.25) is 0 Å². The summed E-state index contributed by atoms with van der Waals surface area (Å²) in [7, 11) is 0. The molecule has 1 aromatic heterocycles. The average Bonchev–Trinajstić information content (AvgIpc) is 2.93. The summed E-state index contributed by atoms with van der Waals surface area (Å²) in [5, 5.41) is 5.87. The molecule has 0 aliphatic carbocycles. The van der Waals surface area contributed by atoms with E-state index >= 15 is 0 Å². The van der Waals surface area contributed by atoms with Crippen molar-refractivity contribution >= 4 is 11.9 Å². The van der Waals surface area contributed by atoms with Gasteiger partial charge in [-0.05, 0) is 52.7 Å². The average molecular weight is 321 g/mol. The fourth-order valence-corrected chi connectivity index (χ4v) is 2.80. The van der Waals surface area contributed by atoms with E-state index in [0.29, 0.717) is 13.1 Å². The van der Waals surface area contributed by atoms with Crippen molar-refractivity contribution in [3.8, 4) is 0 Å². The van der Waals surface area contributed by atoms with Crippen LogP contribution in [0, 0.1) is 12.8 Å². The van der Waals surface area contributed by atoms with Gasteiger partial charge >= 0.3 is 6.03 Å². The number of piperidine rings is 1. The first-order valence-corrected chi connectivity index (χ1v) is 8.29. The van der Waals surface area contributed by atoms with Gasteiger partial charge in [-0.15, -0.1) is 0 Å². The van der Waals surface area contributed by atoms with E-state index in [1.54, 1.807) is 4.90 Å². The second kappa shape index (κ2) is 7.53. The van der Waals surface area contributed by atoms with Crippen LogP contribution in [0.15, 0.2) is 16.5 Å². The van der Waals surface area contributed by atoms with Crippen molar-refractivity contribution in [1.29, 1.82) is 0 Å². The molecule has 1 aromatic rings. The van der Waals surface area contributed by atoms with Crippen LogP contribution in [0.5, 0.6) is 0 Å². The lowest BCUT2D eigenvalue weighted by Crippen LogP contribution is -2.50. The minimum absolute atomic E-state index is 0.0198. The largest absolute Gasteiger partial charge is 0.464 e. The van der Waals surface area contributed by atoms with E-state index in [9.17, 15) is 9.59 Å². The van der Waals surface area contributed by atoms with Gasteiger partial charge in [0.15, 0.2) is 0 Å². The summed E-state index contributed by atoms with van der Waals surface area (Å²) in [5.74, 6) is 1.39. The maximum absolute atomic E-state index is 12.5. The molecule has 0 saturated carbocycles. The standard InChI is InChI=1S/C17H27N3O3/c1-11(2)18-17(22)20-9-5-6-14(10-20)16(21)19-13(4)15-8-7-12(3)23-15/h7-8,11,13-14H,5-6,9-10H2,1-4H3,(H,18,22)(H,19,21)/t13-,14+/m1/s1. The van der Waals surface area contributed by atoms with Crippen LogP contribution >= 0.6 is 0 Å². The van der Waals surface area contributed by atoms with Gasteiger partial charge in [-0.1, -0.05) is 0 Å². The predicted octanol–water partition coefficient (Wildman–Crippen LogP) is 2.60. The third-order valence-electron chi connectivity index (χ3n) is 4.04. The SMILES string of the molecule is Cc1ccc([C@@H](C)NC(=O)[C@H]2CCCN(C(=O)NC(C)C)C2)o1. The first-order chi connectivity index (χ1) is 10.9. The van der Waals surface area contributed by atoms with Gasteiger partial charge in [-0.25, -0.2) is 4.79 Å². The van der Waals surface area contributed by atoms with E-state index < -0.39 is 0 Å². The topological polar surface area (TPSA) is 74.6 Å². The van der Waals surface area contributed by atoms with Gasteiger partial charge in [-0.2, -0.15) is 0 Å². The summed E-state index contributed by atoms with van der Waals surface area (Å²) in [6, 6.07) is 3.60. The number of furan rings is 1. The van der Waals surface area contributed by atoms with Crippen molar-refractivity contribution in [2.45, 2.75) is 52.6 Å². The number of carbonyl (C=O) groups excluding carboxylic acids is 2. The molecule has 0 aromatic carbocycles. The number of carbonyl (C=O) groups is 2. The van der Waals surface area contributed by atoms with Crippen LogP contribution in [0.25, 0.3) is 0 Å². The third-order valence-corrected chi connectivity index (χ3v) is 4.04. The van der Waals surface area contributed by atoms with Crippen LogP contribution in [0.4, 0.5) is 4.79 Å². The number of aryl methyl sites for hydroxylation is 1. The Morgan fingerprint density at radius 3 is 2.61 bits per heavy atom. The quantitative estimate of drug-likeness (QED) is 0.895. The maximum atomic E-state index is 12.5. The van der Waals surface area contributed by atoms with E-state index in [2.05, 4.69) is 10.6 Å². The Balaban J connectivity index is 1.90. The van der Waals surface area contributed by atoms with Crippen molar-refractivity contribution in [2.75, 3.05) is 13.1 Å². The molecule has 2 rings (SSSR count). The lowest BCUT2D eigenvalue weighted by atomic mass is 9.97. The Labute approximate surface area is 137 Å². The molecular formula is C17H27N3O3. The number of likely N-dealkylation sites (tertiary alicyclic amines) is 1. The van der Waals surface area contributed by atoms with Gasteiger partial charge in [0, 0.05) is 19.1 Å². The van der Waals surface area contributed by atoms with Crippen molar-refractivity contribution in [1.82, 2.24) is 15.5 Å². The second-order valence-corrected chi connectivity index (χ2v) is 6.57. The van der Waals surface area contributed by atoms with Gasteiger partial charge < -0.3 is 20.0 Å². The molecule has 6 nitrogen and oxygen atoms in total. The first-order valence-electron chi connectivity index (χ1n) is 8.29. The van der Waals surface area contributed by atoms with E-state index in [0.717, 1.165) is 24.4 Å².